The monoisotopic (exact) mass is 510 g/mol. The van der Waals surface area contributed by atoms with Crippen molar-refractivity contribution in [2.24, 2.45) is 5.10 Å². The van der Waals surface area contributed by atoms with E-state index in [4.69, 9.17) is 11.6 Å². The summed E-state index contributed by atoms with van der Waals surface area (Å²) in [6.45, 7) is -1.36. The maximum Gasteiger partial charge on any atom is 0.387 e. The smallest absolute Gasteiger partial charge is 0.387 e. The quantitative estimate of drug-likeness (QED) is 0.223. The summed E-state index contributed by atoms with van der Waals surface area (Å²) in [5.41, 5.74) is 3.12. The summed E-state index contributed by atoms with van der Waals surface area (Å²) < 4.78 is 57.3. The Morgan fingerprint density at radius 3 is 2.38 bits per heavy atom. The third kappa shape index (κ3) is 6.17. The molecule has 0 radical (unpaired) electrons. The summed E-state index contributed by atoms with van der Waals surface area (Å²) in [4.78, 5) is 10.1. The fourth-order valence-electron chi connectivity index (χ4n) is 2.77. The fraction of sp³-hybridized carbons (Fsp3) is 0.0952. The minimum absolute atomic E-state index is 0.0334. The number of ether oxygens (including phenoxy) is 1. The fourth-order valence-corrected chi connectivity index (χ4v) is 4.26. The first-order valence-corrected chi connectivity index (χ1v) is 11.3. The third-order valence-electron chi connectivity index (χ3n) is 4.43. The summed E-state index contributed by atoms with van der Waals surface area (Å²) in [6.07, 6.45) is 0. The zero-order valence-electron chi connectivity index (χ0n) is 17.4. The molecule has 0 fully saturated rings. The van der Waals surface area contributed by atoms with Crippen LogP contribution in [-0.4, -0.2) is 25.7 Å². The number of nitro groups is 1. The van der Waals surface area contributed by atoms with Gasteiger partial charge < -0.3 is 4.74 Å². The van der Waals surface area contributed by atoms with Crippen LogP contribution in [0.15, 0.2) is 76.7 Å². The van der Waals surface area contributed by atoms with Crippen molar-refractivity contribution in [2.45, 2.75) is 18.4 Å². The van der Waals surface area contributed by atoms with Crippen LogP contribution >= 0.6 is 11.6 Å². The predicted molar refractivity (Wildman–Crippen MR) is 124 cm³/mol. The maximum atomic E-state index is 13.0. The second kappa shape index (κ2) is 10.4. The lowest BCUT2D eigenvalue weighted by atomic mass is 10.1. The molecule has 0 unspecified atom stereocenters. The maximum absolute atomic E-state index is 13.0. The lowest BCUT2D eigenvalue weighted by Crippen LogP contribution is -2.15. The molecule has 0 aromatic heterocycles. The molecule has 13 heteroatoms. The van der Waals surface area contributed by atoms with Crippen LogP contribution in [0.5, 0.6) is 5.75 Å². The van der Waals surface area contributed by atoms with Crippen molar-refractivity contribution >= 4 is 44.4 Å². The van der Waals surface area contributed by atoms with Gasteiger partial charge >= 0.3 is 6.61 Å². The molecule has 3 aromatic rings. The number of para-hydroxylation sites is 1. The summed E-state index contributed by atoms with van der Waals surface area (Å²) in [7, 11) is -4.31. The van der Waals surface area contributed by atoms with Gasteiger partial charge in [-0.3, -0.25) is 20.3 Å². The van der Waals surface area contributed by atoms with Crippen molar-refractivity contribution in [1.82, 2.24) is 0 Å². The average molecular weight is 511 g/mol. The van der Waals surface area contributed by atoms with Crippen molar-refractivity contribution in [1.29, 1.82) is 0 Å². The van der Waals surface area contributed by atoms with Crippen LogP contribution in [0.3, 0.4) is 0 Å². The van der Waals surface area contributed by atoms with E-state index in [-0.39, 0.29) is 22.1 Å². The molecule has 178 valence electrons. The standard InChI is InChI=1S/C21H17ClF2N4O5S/c1-13(14-6-9-16(10-7-14)33-21(23)24)25-26-19-11-8-15(28(29)30)12-20(19)34(31,32)27-18-5-3-2-4-17(18)22/h2-12,21,26-27H,1H3. The number of rotatable bonds is 9. The molecule has 34 heavy (non-hydrogen) atoms. The molecule has 3 rings (SSSR count). The number of sulfonamides is 1. The van der Waals surface area contributed by atoms with E-state index < -0.39 is 32.1 Å². The Hall–Kier alpha value is -3.77. The van der Waals surface area contributed by atoms with Gasteiger partial charge in [0.05, 0.1) is 27.0 Å². The van der Waals surface area contributed by atoms with E-state index in [1.54, 1.807) is 19.1 Å². The van der Waals surface area contributed by atoms with E-state index in [2.05, 4.69) is 20.0 Å². The molecule has 0 aliphatic rings. The van der Waals surface area contributed by atoms with Gasteiger partial charge in [-0.2, -0.15) is 13.9 Å². The van der Waals surface area contributed by atoms with Gasteiger partial charge in [0.15, 0.2) is 0 Å². The Balaban J connectivity index is 1.92. The number of nitro benzene ring substituents is 1. The number of nitrogens with zero attached hydrogens (tertiary/aromatic N) is 2. The van der Waals surface area contributed by atoms with Crippen LogP contribution in [0.25, 0.3) is 0 Å². The molecule has 0 bridgehead atoms. The van der Waals surface area contributed by atoms with Crippen molar-refractivity contribution in [3.8, 4) is 5.75 Å². The minimum atomic E-state index is -4.31. The van der Waals surface area contributed by atoms with E-state index in [0.717, 1.165) is 12.1 Å². The molecule has 0 atom stereocenters. The topological polar surface area (TPSA) is 123 Å². The number of anilines is 2. The zero-order valence-corrected chi connectivity index (χ0v) is 19.0. The number of hydrogen-bond acceptors (Lipinski definition) is 7. The Morgan fingerprint density at radius 2 is 1.76 bits per heavy atom. The molecule has 0 aliphatic carbocycles. The van der Waals surface area contributed by atoms with Crippen LogP contribution < -0.4 is 14.9 Å². The van der Waals surface area contributed by atoms with Crippen LogP contribution in [-0.2, 0) is 10.0 Å². The number of halogens is 3. The molecule has 0 spiro atoms. The SMILES string of the molecule is CC(=NNc1ccc([N+](=O)[O-])cc1S(=O)(=O)Nc1ccccc1Cl)c1ccc(OC(F)F)cc1. The average Bonchev–Trinajstić information content (AvgIpc) is 2.78. The summed E-state index contributed by atoms with van der Waals surface area (Å²) in [6, 6.07) is 15.0. The van der Waals surface area contributed by atoms with Gasteiger partial charge in [0.2, 0.25) is 0 Å². The molecule has 0 aliphatic heterocycles. The molecule has 0 heterocycles. The predicted octanol–water partition coefficient (Wildman–Crippen LogP) is 5.49. The van der Waals surface area contributed by atoms with Gasteiger partial charge in [0.25, 0.3) is 15.7 Å². The first-order valence-electron chi connectivity index (χ1n) is 9.48. The number of nitrogens with one attached hydrogen (secondary N) is 2. The highest BCUT2D eigenvalue weighted by Gasteiger charge is 2.23. The van der Waals surface area contributed by atoms with Crippen LogP contribution in [0.1, 0.15) is 12.5 Å². The first kappa shape index (κ1) is 24.9. The molecular formula is C21H17ClF2N4O5S. The minimum Gasteiger partial charge on any atom is -0.435 e. The summed E-state index contributed by atoms with van der Waals surface area (Å²) in [5.74, 6) is -0.0334. The highest BCUT2D eigenvalue weighted by atomic mass is 35.5. The number of hydrazone groups is 1. The lowest BCUT2D eigenvalue weighted by Gasteiger charge is -2.13. The van der Waals surface area contributed by atoms with Gasteiger partial charge in [-0.1, -0.05) is 23.7 Å². The lowest BCUT2D eigenvalue weighted by molar-refractivity contribution is -0.385. The van der Waals surface area contributed by atoms with E-state index in [1.807, 2.05) is 0 Å². The van der Waals surface area contributed by atoms with Crippen LogP contribution in [0.2, 0.25) is 5.02 Å². The van der Waals surface area contributed by atoms with Crippen LogP contribution in [0.4, 0.5) is 25.8 Å². The third-order valence-corrected chi connectivity index (χ3v) is 6.16. The van der Waals surface area contributed by atoms with Gasteiger partial charge in [-0.25, -0.2) is 8.42 Å². The molecular weight excluding hydrogens is 494 g/mol. The second-order valence-electron chi connectivity index (χ2n) is 6.73. The van der Waals surface area contributed by atoms with Crippen molar-refractivity contribution in [3.63, 3.8) is 0 Å². The largest absolute Gasteiger partial charge is 0.435 e. The van der Waals surface area contributed by atoms with Gasteiger partial charge in [0, 0.05) is 12.1 Å². The molecule has 3 aromatic carbocycles. The number of non-ortho nitro benzene ring substituents is 1. The number of alkyl halides is 2. The van der Waals surface area contributed by atoms with Gasteiger partial charge in [-0.05, 0) is 55.0 Å². The first-order chi connectivity index (χ1) is 16.1. The Labute approximate surface area is 198 Å². The highest BCUT2D eigenvalue weighted by molar-refractivity contribution is 7.93. The second-order valence-corrected chi connectivity index (χ2v) is 8.79. The van der Waals surface area contributed by atoms with Crippen molar-refractivity contribution in [2.75, 3.05) is 10.1 Å². The summed E-state index contributed by atoms with van der Waals surface area (Å²) in [5, 5.41) is 15.5. The zero-order chi connectivity index (χ0) is 24.9. The Bertz CT molecular complexity index is 1340. The molecule has 2 N–H and O–H groups in total. The molecule has 0 saturated heterocycles. The molecule has 0 amide bonds. The highest BCUT2D eigenvalue weighted by Crippen LogP contribution is 2.30. The number of hydrogen-bond donors (Lipinski definition) is 2. The van der Waals surface area contributed by atoms with Crippen molar-refractivity contribution < 1.29 is 26.9 Å². The van der Waals surface area contributed by atoms with E-state index >= 15 is 0 Å². The molecule has 0 saturated carbocycles. The number of benzene rings is 3. The Kier molecular flexibility index (Phi) is 7.64. The van der Waals surface area contributed by atoms with Crippen LogP contribution in [0, 0.1) is 10.1 Å². The van der Waals surface area contributed by atoms with E-state index in [1.165, 1.54) is 42.5 Å². The van der Waals surface area contributed by atoms with E-state index in [9.17, 15) is 27.3 Å². The van der Waals surface area contributed by atoms with Crippen molar-refractivity contribution in [3.05, 3.63) is 87.4 Å². The summed E-state index contributed by atoms with van der Waals surface area (Å²) >= 11 is 6.03. The molecule has 9 nitrogen and oxygen atoms in total. The van der Waals surface area contributed by atoms with E-state index in [0.29, 0.717) is 11.3 Å². The van der Waals surface area contributed by atoms with Gasteiger partial charge in [0.1, 0.15) is 10.6 Å². The van der Waals surface area contributed by atoms with Gasteiger partial charge in [-0.15, -0.1) is 0 Å². The normalized spacial score (nSPS) is 11.9. The Morgan fingerprint density at radius 1 is 1.09 bits per heavy atom.